The average molecular weight is 272 g/mol. The first-order valence-corrected chi connectivity index (χ1v) is 7.10. The molecule has 3 rings (SSSR count). The Morgan fingerprint density at radius 1 is 1.39 bits per heavy atom. The van der Waals surface area contributed by atoms with Crippen molar-refractivity contribution in [1.29, 1.82) is 0 Å². The van der Waals surface area contributed by atoms with Gasteiger partial charge >= 0.3 is 6.01 Å². The number of hydrogen-bond donors (Lipinski definition) is 1. The molecule has 5 nitrogen and oxygen atoms in total. The second kappa shape index (κ2) is 4.70. The van der Waals surface area contributed by atoms with E-state index in [1.54, 1.807) is 0 Å². The molecule has 6 heteroatoms. The average Bonchev–Trinajstić information content (AvgIpc) is 2.86. The number of anilines is 1. The predicted octanol–water partition coefficient (Wildman–Crippen LogP) is 1.94. The highest BCUT2D eigenvalue weighted by molar-refractivity contribution is 6.16. The summed E-state index contributed by atoms with van der Waals surface area (Å²) < 4.78 is 5.48. The molecule has 0 aromatic carbocycles. The Morgan fingerprint density at radius 2 is 2.28 bits per heavy atom. The lowest BCUT2D eigenvalue weighted by Gasteiger charge is -2.46. The molecule has 1 saturated carbocycles. The number of rotatable bonds is 2. The van der Waals surface area contributed by atoms with E-state index in [0.29, 0.717) is 17.8 Å². The lowest BCUT2D eigenvalue weighted by molar-refractivity contribution is -0.0619. The highest BCUT2D eigenvalue weighted by atomic mass is 35.5. The fraction of sp³-hybridized carbons (Fsp3) is 0.833. The zero-order chi connectivity index (χ0) is 12.6. The summed E-state index contributed by atoms with van der Waals surface area (Å²) in [5.41, 5.74) is -0.468. The molecule has 1 N–H and O–H groups in total. The molecule has 0 spiro atoms. The van der Waals surface area contributed by atoms with Crippen molar-refractivity contribution in [3.05, 3.63) is 5.89 Å². The maximum atomic E-state index is 10.6. The largest absolute Gasteiger partial charge is 0.407 e. The van der Waals surface area contributed by atoms with Crippen molar-refractivity contribution in [3.63, 3.8) is 0 Å². The van der Waals surface area contributed by atoms with Gasteiger partial charge in [0.25, 0.3) is 0 Å². The number of aliphatic hydroxyl groups is 1. The minimum atomic E-state index is -0.468. The van der Waals surface area contributed by atoms with Crippen LogP contribution in [-0.2, 0) is 5.88 Å². The molecule has 1 aliphatic heterocycles. The monoisotopic (exact) mass is 271 g/mol. The van der Waals surface area contributed by atoms with Crippen molar-refractivity contribution >= 4 is 17.6 Å². The van der Waals surface area contributed by atoms with Crippen LogP contribution in [0.5, 0.6) is 0 Å². The minimum Gasteiger partial charge on any atom is -0.407 e. The summed E-state index contributed by atoms with van der Waals surface area (Å²) in [7, 11) is 0. The van der Waals surface area contributed by atoms with Crippen LogP contribution in [-0.4, -0.2) is 34.0 Å². The first kappa shape index (κ1) is 12.2. The van der Waals surface area contributed by atoms with E-state index in [0.717, 1.165) is 38.8 Å². The van der Waals surface area contributed by atoms with Gasteiger partial charge < -0.3 is 14.4 Å². The molecule has 0 amide bonds. The van der Waals surface area contributed by atoms with Crippen LogP contribution in [0.3, 0.4) is 0 Å². The quantitative estimate of drug-likeness (QED) is 0.833. The number of nitrogens with zero attached hydrogens (tertiary/aromatic N) is 3. The van der Waals surface area contributed by atoms with E-state index >= 15 is 0 Å². The molecule has 1 saturated heterocycles. The van der Waals surface area contributed by atoms with Crippen LogP contribution in [0.25, 0.3) is 0 Å². The molecule has 2 unspecified atom stereocenters. The van der Waals surface area contributed by atoms with Crippen molar-refractivity contribution in [2.45, 2.75) is 43.6 Å². The molecule has 100 valence electrons. The SMILES string of the molecule is OC12CCCCC1CN(c1nnc(CCl)o1)CC2. The summed E-state index contributed by atoms with van der Waals surface area (Å²) in [5, 5.41) is 18.5. The Balaban J connectivity index is 1.73. The minimum absolute atomic E-state index is 0.244. The van der Waals surface area contributed by atoms with Gasteiger partial charge in [-0.15, -0.1) is 16.7 Å². The van der Waals surface area contributed by atoms with Gasteiger partial charge in [-0.25, -0.2) is 0 Å². The van der Waals surface area contributed by atoms with Crippen LogP contribution >= 0.6 is 11.6 Å². The first-order valence-electron chi connectivity index (χ1n) is 6.57. The molecule has 2 atom stereocenters. The molecule has 2 aliphatic rings. The van der Waals surface area contributed by atoms with E-state index in [-0.39, 0.29) is 5.88 Å². The van der Waals surface area contributed by atoms with Crippen LogP contribution in [0.4, 0.5) is 6.01 Å². The van der Waals surface area contributed by atoms with Gasteiger partial charge in [-0.05, 0) is 19.3 Å². The van der Waals surface area contributed by atoms with Crippen molar-refractivity contribution in [2.24, 2.45) is 5.92 Å². The van der Waals surface area contributed by atoms with E-state index in [9.17, 15) is 5.11 Å². The molecule has 0 radical (unpaired) electrons. The van der Waals surface area contributed by atoms with E-state index in [2.05, 4.69) is 15.1 Å². The number of hydrogen-bond acceptors (Lipinski definition) is 5. The standard InChI is InChI=1S/C12H18ClN3O2/c13-7-10-14-15-11(18-10)16-6-5-12(17)4-2-1-3-9(12)8-16/h9,17H,1-8H2. The van der Waals surface area contributed by atoms with Crippen LogP contribution < -0.4 is 4.90 Å². The topological polar surface area (TPSA) is 62.4 Å². The Morgan fingerprint density at radius 3 is 3.06 bits per heavy atom. The molecule has 0 bridgehead atoms. The molecule has 2 fully saturated rings. The Labute approximate surface area is 111 Å². The zero-order valence-electron chi connectivity index (χ0n) is 10.3. The Kier molecular flexibility index (Phi) is 3.20. The van der Waals surface area contributed by atoms with Crippen molar-refractivity contribution in [1.82, 2.24) is 10.2 Å². The maximum absolute atomic E-state index is 10.6. The van der Waals surface area contributed by atoms with Crippen molar-refractivity contribution in [3.8, 4) is 0 Å². The second-order valence-electron chi connectivity index (χ2n) is 5.35. The molecule has 1 aromatic heterocycles. The highest BCUT2D eigenvalue weighted by Crippen LogP contribution is 2.40. The fourth-order valence-corrected chi connectivity index (χ4v) is 3.28. The van der Waals surface area contributed by atoms with Crippen molar-refractivity contribution < 1.29 is 9.52 Å². The maximum Gasteiger partial charge on any atom is 0.318 e. The van der Waals surface area contributed by atoms with Gasteiger partial charge in [0.15, 0.2) is 0 Å². The van der Waals surface area contributed by atoms with Gasteiger partial charge in [0.1, 0.15) is 5.88 Å². The van der Waals surface area contributed by atoms with E-state index < -0.39 is 5.60 Å². The number of fused-ring (bicyclic) bond motifs is 1. The third kappa shape index (κ3) is 2.10. The third-order valence-corrected chi connectivity index (χ3v) is 4.50. The lowest BCUT2D eigenvalue weighted by atomic mass is 9.71. The molecular formula is C12H18ClN3O2. The zero-order valence-corrected chi connectivity index (χ0v) is 11.1. The molecule has 1 aromatic rings. The van der Waals surface area contributed by atoms with E-state index in [1.165, 1.54) is 6.42 Å². The number of alkyl halides is 1. The van der Waals surface area contributed by atoms with Gasteiger partial charge in [-0.1, -0.05) is 17.9 Å². The fourth-order valence-electron chi connectivity index (χ4n) is 3.17. The van der Waals surface area contributed by atoms with E-state index in [4.69, 9.17) is 16.0 Å². The number of aromatic nitrogens is 2. The van der Waals surface area contributed by atoms with E-state index in [1.807, 2.05) is 0 Å². The van der Waals surface area contributed by atoms with Gasteiger partial charge in [-0.3, -0.25) is 0 Å². The molecular weight excluding hydrogens is 254 g/mol. The van der Waals surface area contributed by atoms with Crippen LogP contribution in [0, 0.1) is 5.92 Å². The van der Waals surface area contributed by atoms with Gasteiger partial charge in [0.2, 0.25) is 5.89 Å². The predicted molar refractivity (Wildman–Crippen MR) is 67.6 cm³/mol. The summed E-state index contributed by atoms with van der Waals surface area (Å²) in [4.78, 5) is 2.08. The summed E-state index contributed by atoms with van der Waals surface area (Å²) in [5.74, 6) is 1.02. The van der Waals surface area contributed by atoms with Gasteiger partial charge in [0.05, 0.1) is 5.60 Å². The molecule has 2 heterocycles. The third-order valence-electron chi connectivity index (χ3n) is 4.27. The first-order chi connectivity index (χ1) is 8.71. The van der Waals surface area contributed by atoms with Gasteiger partial charge in [0, 0.05) is 19.0 Å². The lowest BCUT2D eigenvalue weighted by Crippen LogP contribution is -2.53. The summed E-state index contributed by atoms with van der Waals surface area (Å²) >= 11 is 5.66. The highest BCUT2D eigenvalue weighted by Gasteiger charge is 2.43. The Hall–Kier alpha value is -0.810. The molecule has 18 heavy (non-hydrogen) atoms. The Bertz CT molecular complexity index is 425. The van der Waals surface area contributed by atoms with Gasteiger partial charge in [-0.2, -0.15) is 0 Å². The second-order valence-corrected chi connectivity index (χ2v) is 5.62. The van der Waals surface area contributed by atoms with Crippen LogP contribution in [0.1, 0.15) is 38.0 Å². The number of piperidine rings is 1. The van der Waals surface area contributed by atoms with Crippen LogP contribution in [0.2, 0.25) is 0 Å². The summed E-state index contributed by atoms with van der Waals surface area (Å²) in [6.45, 7) is 1.58. The molecule has 1 aliphatic carbocycles. The summed E-state index contributed by atoms with van der Waals surface area (Å²) in [6.07, 6.45) is 5.16. The smallest absolute Gasteiger partial charge is 0.318 e. The normalized spacial score (nSPS) is 32.3. The van der Waals surface area contributed by atoms with Crippen molar-refractivity contribution in [2.75, 3.05) is 18.0 Å². The number of halogens is 1. The summed E-state index contributed by atoms with van der Waals surface area (Å²) in [6, 6.07) is 0.540. The van der Waals surface area contributed by atoms with Crippen LogP contribution in [0.15, 0.2) is 4.42 Å².